The van der Waals surface area contributed by atoms with Crippen molar-refractivity contribution in [2.45, 2.75) is 6.54 Å². The first kappa shape index (κ1) is 20.7. The summed E-state index contributed by atoms with van der Waals surface area (Å²) in [5, 5.41) is 1.87. The van der Waals surface area contributed by atoms with Gasteiger partial charge in [0.1, 0.15) is 0 Å². The van der Waals surface area contributed by atoms with Gasteiger partial charge < -0.3 is 9.32 Å². The minimum atomic E-state index is -0.104. The van der Waals surface area contributed by atoms with Crippen LogP contribution in [0.2, 0.25) is 0 Å². The third kappa shape index (κ3) is 5.52. The molecule has 1 aromatic heterocycles. The quantitative estimate of drug-likeness (QED) is 0.598. The number of carbonyl (C=O) groups excluding carboxylic acids is 2. The Morgan fingerprint density at radius 2 is 1.55 bits per heavy atom. The fourth-order valence-corrected chi connectivity index (χ4v) is 3.62. The standard InChI is InChI=1S/C24H26N4O3/c29-23(19-26-13-15-27(16-14-26)24(30)22-12-7-17-31-22)25-28(21-10-5-2-6-11-21)18-20-8-3-1-4-9-20/h1-12,17H,13-16,18-19H2,(H,25,29). The average molecular weight is 418 g/mol. The number of carbonyl (C=O) groups is 2. The van der Waals surface area contributed by atoms with E-state index >= 15 is 0 Å². The van der Waals surface area contributed by atoms with Crippen molar-refractivity contribution in [1.82, 2.24) is 15.2 Å². The first-order chi connectivity index (χ1) is 15.2. The third-order valence-electron chi connectivity index (χ3n) is 5.27. The molecule has 1 saturated heterocycles. The predicted octanol–water partition coefficient (Wildman–Crippen LogP) is 2.78. The van der Waals surface area contributed by atoms with Gasteiger partial charge in [0.05, 0.1) is 25.0 Å². The van der Waals surface area contributed by atoms with Crippen LogP contribution in [0.25, 0.3) is 0 Å². The zero-order chi connectivity index (χ0) is 21.5. The maximum Gasteiger partial charge on any atom is 0.289 e. The molecule has 0 spiro atoms. The van der Waals surface area contributed by atoms with Crippen molar-refractivity contribution in [2.75, 3.05) is 37.7 Å². The first-order valence-electron chi connectivity index (χ1n) is 10.4. The Labute approximate surface area is 181 Å². The van der Waals surface area contributed by atoms with Crippen LogP contribution in [0.1, 0.15) is 16.1 Å². The van der Waals surface area contributed by atoms with E-state index in [2.05, 4.69) is 10.3 Å². The van der Waals surface area contributed by atoms with Gasteiger partial charge in [-0.1, -0.05) is 48.5 Å². The molecular formula is C24H26N4O3. The molecule has 0 radical (unpaired) electrons. The minimum absolute atomic E-state index is 0.0782. The number of piperazine rings is 1. The highest BCUT2D eigenvalue weighted by molar-refractivity contribution is 5.91. The van der Waals surface area contributed by atoms with Gasteiger partial charge in [0, 0.05) is 26.2 Å². The number of hydrazine groups is 1. The van der Waals surface area contributed by atoms with Crippen LogP contribution in [0.15, 0.2) is 83.5 Å². The maximum atomic E-state index is 12.8. The molecule has 1 fully saturated rings. The Morgan fingerprint density at radius 3 is 2.19 bits per heavy atom. The molecule has 0 bridgehead atoms. The third-order valence-corrected chi connectivity index (χ3v) is 5.27. The van der Waals surface area contributed by atoms with E-state index in [4.69, 9.17) is 4.42 Å². The van der Waals surface area contributed by atoms with E-state index in [1.807, 2.05) is 65.7 Å². The number of nitrogens with zero attached hydrogens (tertiary/aromatic N) is 3. The predicted molar refractivity (Wildman–Crippen MR) is 118 cm³/mol. The van der Waals surface area contributed by atoms with Crippen molar-refractivity contribution < 1.29 is 14.0 Å². The SMILES string of the molecule is O=C(CN1CCN(C(=O)c2ccco2)CC1)NN(Cc1ccccc1)c1ccccc1. The van der Waals surface area contributed by atoms with Gasteiger partial charge in [-0.3, -0.25) is 24.9 Å². The van der Waals surface area contributed by atoms with Gasteiger partial charge in [-0.25, -0.2) is 0 Å². The highest BCUT2D eigenvalue weighted by Crippen LogP contribution is 2.15. The molecule has 4 rings (SSSR count). The normalized spacial score (nSPS) is 14.3. The topological polar surface area (TPSA) is 69.0 Å². The van der Waals surface area contributed by atoms with E-state index in [9.17, 15) is 9.59 Å². The lowest BCUT2D eigenvalue weighted by molar-refractivity contribution is -0.122. The van der Waals surface area contributed by atoms with E-state index < -0.39 is 0 Å². The summed E-state index contributed by atoms with van der Waals surface area (Å²) in [4.78, 5) is 29.0. The van der Waals surface area contributed by atoms with Crippen LogP contribution >= 0.6 is 0 Å². The van der Waals surface area contributed by atoms with E-state index in [1.165, 1.54) is 6.26 Å². The second kappa shape index (κ2) is 9.95. The lowest BCUT2D eigenvalue weighted by Gasteiger charge is -2.34. The van der Waals surface area contributed by atoms with Crippen LogP contribution in [0.3, 0.4) is 0 Å². The van der Waals surface area contributed by atoms with Gasteiger partial charge in [0.2, 0.25) is 0 Å². The largest absolute Gasteiger partial charge is 0.459 e. The molecule has 160 valence electrons. The number of hydrogen-bond donors (Lipinski definition) is 1. The Morgan fingerprint density at radius 1 is 0.871 bits per heavy atom. The van der Waals surface area contributed by atoms with E-state index in [-0.39, 0.29) is 18.4 Å². The highest BCUT2D eigenvalue weighted by Gasteiger charge is 2.25. The number of furan rings is 1. The molecule has 1 aliphatic rings. The number of anilines is 1. The van der Waals surface area contributed by atoms with Gasteiger partial charge in [-0.05, 0) is 29.8 Å². The van der Waals surface area contributed by atoms with Gasteiger partial charge in [0.15, 0.2) is 5.76 Å². The van der Waals surface area contributed by atoms with Crippen molar-refractivity contribution in [2.24, 2.45) is 0 Å². The zero-order valence-corrected chi connectivity index (χ0v) is 17.3. The van der Waals surface area contributed by atoms with Crippen LogP contribution in [-0.4, -0.2) is 54.3 Å². The van der Waals surface area contributed by atoms with Crippen LogP contribution in [0.4, 0.5) is 5.69 Å². The molecule has 31 heavy (non-hydrogen) atoms. The van der Waals surface area contributed by atoms with E-state index in [0.717, 1.165) is 11.3 Å². The molecular weight excluding hydrogens is 392 g/mol. The number of benzene rings is 2. The lowest BCUT2D eigenvalue weighted by Crippen LogP contribution is -2.53. The summed E-state index contributed by atoms with van der Waals surface area (Å²) in [6.45, 7) is 3.27. The van der Waals surface area contributed by atoms with Gasteiger partial charge in [0.25, 0.3) is 11.8 Å². The number of para-hydroxylation sites is 1. The van der Waals surface area contributed by atoms with Gasteiger partial charge >= 0.3 is 0 Å². The molecule has 2 aromatic carbocycles. The number of hydrogen-bond acceptors (Lipinski definition) is 5. The summed E-state index contributed by atoms with van der Waals surface area (Å²) >= 11 is 0. The average Bonchev–Trinajstić information content (AvgIpc) is 3.35. The van der Waals surface area contributed by atoms with Crippen LogP contribution in [0, 0.1) is 0 Å². The summed E-state index contributed by atoms with van der Waals surface area (Å²) in [6, 6.07) is 23.2. The van der Waals surface area contributed by atoms with Crippen molar-refractivity contribution in [3.05, 3.63) is 90.4 Å². The monoisotopic (exact) mass is 418 g/mol. The second-order valence-corrected chi connectivity index (χ2v) is 7.49. The molecule has 0 atom stereocenters. The molecule has 7 nitrogen and oxygen atoms in total. The number of nitrogens with one attached hydrogen (secondary N) is 1. The van der Waals surface area contributed by atoms with Crippen LogP contribution in [0.5, 0.6) is 0 Å². The maximum absolute atomic E-state index is 12.8. The van der Waals surface area contributed by atoms with Crippen LogP contribution in [-0.2, 0) is 11.3 Å². The van der Waals surface area contributed by atoms with Crippen LogP contribution < -0.4 is 10.4 Å². The van der Waals surface area contributed by atoms with Gasteiger partial charge in [-0.15, -0.1) is 0 Å². The molecule has 0 unspecified atom stereocenters. The van der Waals surface area contributed by atoms with Crippen molar-refractivity contribution in [3.8, 4) is 0 Å². The number of rotatable bonds is 7. The summed E-state index contributed by atoms with van der Waals surface area (Å²) in [6.07, 6.45) is 1.50. The van der Waals surface area contributed by atoms with Crippen molar-refractivity contribution in [1.29, 1.82) is 0 Å². The second-order valence-electron chi connectivity index (χ2n) is 7.49. The fourth-order valence-electron chi connectivity index (χ4n) is 3.62. The Hall–Kier alpha value is -3.58. The van der Waals surface area contributed by atoms with Crippen molar-refractivity contribution in [3.63, 3.8) is 0 Å². The Balaban J connectivity index is 1.32. The summed E-state index contributed by atoms with van der Waals surface area (Å²) in [5.41, 5.74) is 5.08. The lowest BCUT2D eigenvalue weighted by atomic mass is 10.2. The summed E-state index contributed by atoms with van der Waals surface area (Å²) < 4.78 is 5.20. The summed E-state index contributed by atoms with van der Waals surface area (Å²) in [5.74, 6) is 0.170. The molecule has 1 N–H and O–H groups in total. The number of amides is 2. The fraction of sp³-hybridized carbons (Fsp3) is 0.250. The zero-order valence-electron chi connectivity index (χ0n) is 17.3. The van der Waals surface area contributed by atoms with Gasteiger partial charge in [-0.2, -0.15) is 0 Å². The molecule has 1 aliphatic heterocycles. The van der Waals surface area contributed by atoms with Crippen molar-refractivity contribution >= 4 is 17.5 Å². The highest BCUT2D eigenvalue weighted by atomic mass is 16.3. The minimum Gasteiger partial charge on any atom is -0.459 e. The molecule has 2 amide bonds. The first-order valence-corrected chi connectivity index (χ1v) is 10.4. The van der Waals surface area contributed by atoms with E-state index in [1.54, 1.807) is 17.0 Å². The smallest absolute Gasteiger partial charge is 0.289 e. The van der Waals surface area contributed by atoms with E-state index in [0.29, 0.717) is 38.5 Å². The Bertz CT molecular complexity index is 969. The molecule has 7 heteroatoms. The molecule has 2 heterocycles. The Kier molecular flexibility index (Phi) is 6.64. The molecule has 3 aromatic rings. The molecule has 0 aliphatic carbocycles. The summed E-state index contributed by atoms with van der Waals surface area (Å²) in [7, 11) is 0. The molecule has 0 saturated carbocycles.